The summed E-state index contributed by atoms with van der Waals surface area (Å²) in [5, 5.41) is 11.6. The molecule has 1 amide bonds. The number of carbonyl (C=O) groups excluding carboxylic acids is 2. The van der Waals surface area contributed by atoms with Gasteiger partial charge in [-0.15, -0.1) is 17.5 Å². The molecule has 1 N–H and O–H groups in total. The van der Waals surface area contributed by atoms with E-state index in [1.807, 2.05) is 30.3 Å². The third kappa shape index (κ3) is 6.72. The molecule has 2 aromatic rings. The van der Waals surface area contributed by atoms with Crippen molar-refractivity contribution in [2.75, 3.05) is 26.2 Å². The monoisotopic (exact) mass is 423 g/mol. The predicted molar refractivity (Wildman–Crippen MR) is 108 cm³/mol. The van der Waals surface area contributed by atoms with Gasteiger partial charge in [0.25, 0.3) is 0 Å². The number of amides is 1. The number of aryl methyl sites for hydroxylation is 1. The topological polar surface area (TPSA) is 98.6 Å². The first-order valence-corrected chi connectivity index (χ1v) is 9.42. The van der Waals surface area contributed by atoms with Crippen LogP contribution in [0, 0.1) is 0 Å². The van der Waals surface area contributed by atoms with Gasteiger partial charge in [0, 0.05) is 25.7 Å². The van der Waals surface area contributed by atoms with Crippen LogP contribution < -0.4 is 5.32 Å². The third-order valence-corrected chi connectivity index (χ3v) is 4.42. The number of benzene rings is 1. The fourth-order valence-corrected chi connectivity index (χ4v) is 2.97. The molecule has 0 spiro atoms. The van der Waals surface area contributed by atoms with Crippen LogP contribution in [-0.4, -0.2) is 64.2 Å². The number of hydrogen-bond donors (Lipinski definition) is 1. The Balaban J connectivity index is 0.00000300. The van der Waals surface area contributed by atoms with E-state index in [1.54, 1.807) is 11.8 Å². The molecule has 0 saturated carbocycles. The van der Waals surface area contributed by atoms with Gasteiger partial charge in [-0.2, -0.15) is 9.90 Å². The maximum Gasteiger partial charge on any atom is 0.410 e. The van der Waals surface area contributed by atoms with Gasteiger partial charge in [0.2, 0.25) is 0 Å². The Labute approximate surface area is 175 Å². The zero-order valence-electron chi connectivity index (χ0n) is 16.3. The Kier molecular flexibility index (Phi) is 8.88. The van der Waals surface area contributed by atoms with E-state index in [9.17, 15) is 9.59 Å². The third-order valence-electron chi connectivity index (χ3n) is 4.42. The Morgan fingerprint density at radius 3 is 2.79 bits per heavy atom. The van der Waals surface area contributed by atoms with E-state index < -0.39 is 5.97 Å². The van der Waals surface area contributed by atoms with E-state index in [0.29, 0.717) is 32.8 Å². The van der Waals surface area contributed by atoms with Crippen LogP contribution in [-0.2, 0) is 22.6 Å². The van der Waals surface area contributed by atoms with Gasteiger partial charge in [-0.3, -0.25) is 0 Å². The number of ether oxygens (including phenoxy) is 2. The van der Waals surface area contributed by atoms with Gasteiger partial charge in [-0.1, -0.05) is 30.3 Å². The molecule has 1 aliphatic heterocycles. The summed E-state index contributed by atoms with van der Waals surface area (Å²) in [5.74, 6) is -0.475. The molecule has 1 fully saturated rings. The van der Waals surface area contributed by atoms with Gasteiger partial charge in [0.15, 0.2) is 5.69 Å². The molecule has 0 aliphatic carbocycles. The van der Waals surface area contributed by atoms with Crippen LogP contribution in [0.2, 0.25) is 0 Å². The summed E-state index contributed by atoms with van der Waals surface area (Å²) in [4.78, 5) is 27.1. The van der Waals surface area contributed by atoms with Crippen molar-refractivity contribution in [3.8, 4) is 0 Å². The Bertz CT molecular complexity index is 786. The number of nitrogens with one attached hydrogen (secondary N) is 1. The molecule has 9 nitrogen and oxygen atoms in total. The van der Waals surface area contributed by atoms with Crippen LogP contribution in [0.5, 0.6) is 0 Å². The lowest BCUT2D eigenvalue weighted by Gasteiger charge is -2.33. The summed E-state index contributed by atoms with van der Waals surface area (Å²) in [6.45, 7) is 4.70. The van der Waals surface area contributed by atoms with E-state index in [-0.39, 0.29) is 36.8 Å². The first-order valence-electron chi connectivity index (χ1n) is 9.42. The molecule has 10 heteroatoms. The lowest BCUT2D eigenvalue weighted by atomic mass is 10.1. The number of halogens is 1. The van der Waals surface area contributed by atoms with Crippen molar-refractivity contribution in [3.63, 3.8) is 0 Å². The van der Waals surface area contributed by atoms with Crippen molar-refractivity contribution in [1.82, 2.24) is 25.2 Å². The largest absolute Gasteiger partial charge is 0.461 e. The maximum absolute atomic E-state index is 12.3. The molecule has 0 radical (unpaired) electrons. The van der Waals surface area contributed by atoms with Gasteiger partial charge in [-0.25, -0.2) is 9.59 Å². The fourth-order valence-electron chi connectivity index (χ4n) is 2.97. The predicted octanol–water partition coefficient (Wildman–Crippen LogP) is 1.88. The molecule has 3 rings (SSSR count). The molecule has 2 heterocycles. The molecule has 1 aliphatic rings. The minimum absolute atomic E-state index is 0. The normalized spacial score (nSPS) is 16.0. The van der Waals surface area contributed by atoms with Crippen LogP contribution in [0.15, 0.2) is 36.5 Å². The van der Waals surface area contributed by atoms with Crippen LogP contribution in [0.25, 0.3) is 0 Å². The summed E-state index contributed by atoms with van der Waals surface area (Å²) in [7, 11) is 0. The lowest BCUT2D eigenvalue weighted by Crippen LogP contribution is -2.53. The Morgan fingerprint density at radius 1 is 1.24 bits per heavy atom. The summed E-state index contributed by atoms with van der Waals surface area (Å²) >= 11 is 0. The summed E-state index contributed by atoms with van der Waals surface area (Å²) in [6, 6.07) is 9.72. The average molecular weight is 424 g/mol. The van der Waals surface area contributed by atoms with Gasteiger partial charge in [0.05, 0.1) is 19.3 Å². The molecule has 0 unspecified atom stereocenters. The number of nitrogens with zero attached hydrogens (tertiary/aromatic N) is 4. The molecule has 158 valence electrons. The van der Waals surface area contributed by atoms with Crippen LogP contribution >= 0.6 is 12.4 Å². The number of hydrogen-bond acceptors (Lipinski definition) is 7. The van der Waals surface area contributed by atoms with Crippen molar-refractivity contribution in [1.29, 1.82) is 0 Å². The number of carbonyl (C=O) groups is 2. The molecule has 1 saturated heterocycles. The number of piperazine rings is 1. The van der Waals surface area contributed by atoms with Crippen molar-refractivity contribution < 1.29 is 19.1 Å². The maximum atomic E-state index is 12.3. The standard InChI is InChI=1S/C19H25N5O4.ClH/c1-2-27-18(25)17-12-21-24(22-17)10-8-16-13-23(11-9-20-16)19(26)28-14-15-6-4-3-5-7-15;/h3-7,12,16,20H,2,8-11,13-14H2,1H3;1H/t16-;/m1./s1. The van der Waals surface area contributed by atoms with Crippen LogP contribution in [0.3, 0.4) is 0 Å². The molecule has 1 aromatic carbocycles. The SMILES string of the molecule is CCOC(=O)c1cnn(CC[C@@H]2CN(C(=O)OCc3ccccc3)CCN2)n1.Cl. The quantitative estimate of drug-likeness (QED) is 0.679. The van der Waals surface area contributed by atoms with Gasteiger partial charge in [-0.05, 0) is 18.9 Å². The van der Waals surface area contributed by atoms with Crippen molar-refractivity contribution in [2.24, 2.45) is 0 Å². The lowest BCUT2D eigenvalue weighted by molar-refractivity contribution is 0.0518. The van der Waals surface area contributed by atoms with Crippen LogP contribution in [0.4, 0.5) is 4.79 Å². The number of rotatable bonds is 7. The molecule has 1 atom stereocenters. The van der Waals surface area contributed by atoms with Crippen molar-refractivity contribution in [2.45, 2.75) is 32.5 Å². The fraction of sp³-hybridized carbons (Fsp3) is 0.474. The number of aromatic nitrogens is 3. The zero-order chi connectivity index (χ0) is 19.8. The van der Waals surface area contributed by atoms with E-state index in [2.05, 4.69) is 15.5 Å². The Hall–Kier alpha value is -2.65. The van der Waals surface area contributed by atoms with Gasteiger partial charge < -0.3 is 19.7 Å². The smallest absolute Gasteiger partial charge is 0.410 e. The molecule has 0 bridgehead atoms. The van der Waals surface area contributed by atoms with Crippen molar-refractivity contribution >= 4 is 24.5 Å². The summed E-state index contributed by atoms with van der Waals surface area (Å²) in [6.07, 6.45) is 1.82. The summed E-state index contributed by atoms with van der Waals surface area (Å²) in [5.41, 5.74) is 1.16. The van der Waals surface area contributed by atoms with E-state index in [0.717, 1.165) is 12.0 Å². The molecular weight excluding hydrogens is 398 g/mol. The highest BCUT2D eigenvalue weighted by molar-refractivity contribution is 5.86. The second-order valence-electron chi connectivity index (χ2n) is 6.47. The van der Waals surface area contributed by atoms with E-state index in [1.165, 1.54) is 11.0 Å². The minimum Gasteiger partial charge on any atom is -0.461 e. The first kappa shape index (κ1) is 22.6. The highest BCUT2D eigenvalue weighted by atomic mass is 35.5. The van der Waals surface area contributed by atoms with Crippen LogP contribution in [0.1, 0.15) is 29.4 Å². The van der Waals surface area contributed by atoms with Gasteiger partial charge >= 0.3 is 12.1 Å². The summed E-state index contributed by atoms with van der Waals surface area (Å²) < 4.78 is 10.3. The van der Waals surface area contributed by atoms with Crippen molar-refractivity contribution in [3.05, 3.63) is 47.8 Å². The average Bonchev–Trinajstić information content (AvgIpc) is 3.21. The zero-order valence-corrected chi connectivity index (χ0v) is 17.1. The van der Waals surface area contributed by atoms with E-state index in [4.69, 9.17) is 9.47 Å². The Morgan fingerprint density at radius 2 is 2.03 bits per heavy atom. The second kappa shape index (κ2) is 11.4. The minimum atomic E-state index is -0.475. The molecular formula is C19H26ClN5O4. The van der Waals surface area contributed by atoms with Gasteiger partial charge in [0.1, 0.15) is 6.61 Å². The molecule has 1 aromatic heterocycles. The second-order valence-corrected chi connectivity index (χ2v) is 6.47. The highest BCUT2D eigenvalue weighted by Gasteiger charge is 2.24. The number of esters is 1. The highest BCUT2D eigenvalue weighted by Crippen LogP contribution is 2.08. The molecule has 29 heavy (non-hydrogen) atoms. The van der Waals surface area contributed by atoms with E-state index >= 15 is 0 Å². The first-order chi connectivity index (χ1) is 13.7.